The Hall–Kier alpha value is -1.53. The quantitative estimate of drug-likeness (QED) is 0.843. The van der Waals surface area contributed by atoms with Gasteiger partial charge in [-0.2, -0.15) is 11.8 Å². The van der Waals surface area contributed by atoms with Crippen LogP contribution in [0.2, 0.25) is 0 Å². The molecule has 1 aromatic carbocycles. The number of amides is 3. The number of thioether (sulfide) groups is 1. The average molecular weight is 346 g/mol. The number of ether oxygens (including phenoxy) is 1. The zero-order chi connectivity index (χ0) is 16.7. The summed E-state index contributed by atoms with van der Waals surface area (Å²) in [4.78, 5) is 28.9. The first-order valence-electron chi connectivity index (χ1n) is 8.42. The number of hydrogen-bond acceptors (Lipinski definition) is 4. The van der Waals surface area contributed by atoms with E-state index in [1.165, 1.54) is 16.0 Å². The Morgan fingerprint density at radius 1 is 1.25 bits per heavy atom. The monoisotopic (exact) mass is 346 g/mol. The minimum absolute atomic E-state index is 0.00685. The molecule has 6 heteroatoms. The van der Waals surface area contributed by atoms with Crippen LogP contribution in [0, 0.1) is 0 Å². The lowest BCUT2D eigenvalue weighted by Crippen LogP contribution is -2.61. The van der Waals surface area contributed by atoms with Crippen LogP contribution in [0.25, 0.3) is 0 Å². The van der Waals surface area contributed by atoms with Gasteiger partial charge in [-0.25, -0.2) is 4.79 Å². The van der Waals surface area contributed by atoms with Crippen molar-refractivity contribution in [3.05, 3.63) is 35.4 Å². The summed E-state index contributed by atoms with van der Waals surface area (Å²) in [5.41, 5.74) is 2.07. The van der Waals surface area contributed by atoms with E-state index in [1.54, 1.807) is 7.11 Å². The molecule has 24 heavy (non-hydrogen) atoms. The molecule has 3 amide bonds. The number of hydrogen-bond donors (Lipinski definition) is 0. The van der Waals surface area contributed by atoms with E-state index in [-0.39, 0.29) is 23.6 Å². The normalized spacial score (nSPS) is 29.6. The summed E-state index contributed by atoms with van der Waals surface area (Å²) in [5.74, 6) is 1.80. The molecule has 2 fully saturated rings. The fourth-order valence-corrected chi connectivity index (χ4v) is 5.34. The molecule has 1 aromatic rings. The van der Waals surface area contributed by atoms with Crippen molar-refractivity contribution in [1.29, 1.82) is 0 Å². The molecule has 128 valence electrons. The first kappa shape index (κ1) is 16.0. The van der Waals surface area contributed by atoms with Crippen LogP contribution in [-0.2, 0) is 22.5 Å². The van der Waals surface area contributed by atoms with Crippen molar-refractivity contribution in [1.82, 2.24) is 9.80 Å². The largest absolute Gasteiger partial charge is 0.375 e. The molecular formula is C18H22N2O3S. The highest BCUT2D eigenvalue weighted by molar-refractivity contribution is 7.99. The van der Waals surface area contributed by atoms with Gasteiger partial charge in [0.1, 0.15) is 0 Å². The van der Waals surface area contributed by atoms with Crippen molar-refractivity contribution < 1.29 is 14.3 Å². The van der Waals surface area contributed by atoms with Crippen molar-refractivity contribution in [2.24, 2.45) is 0 Å². The fourth-order valence-electron chi connectivity index (χ4n) is 3.95. The van der Waals surface area contributed by atoms with Crippen molar-refractivity contribution in [3.8, 4) is 0 Å². The number of rotatable bonds is 3. The van der Waals surface area contributed by atoms with Gasteiger partial charge in [-0.3, -0.25) is 9.69 Å². The summed E-state index contributed by atoms with van der Waals surface area (Å²) in [7, 11) is 1.69. The molecule has 0 aromatic heterocycles. The molecule has 2 atom stereocenters. The molecule has 0 N–H and O–H groups in total. The van der Waals surface area contributed by atoms with Gasteiger partial charge >= 0.3 is 6.03 Å². The van der Waals surface area contributed by atoms with E-state index in [1.807, 2.05) is 28.8 Å². The second-order valence-electron chi connectivity index (χ2n) is 6.91. The highest BCUT2D eigenvalue weighted by Crippen LogP contribution is 2.35. The summed E-state index contributed by atoms with van der Waals surface area (Å²) in [6, 6.07) is 8.04. The Kier molecular flexibility index (Phi) is 4.04. The second kappa shape index (κ2) is 6.08. The third-order valence-corrected chi connectivity index (χ3v) is 6.71. The second-order valence-corrected chi connectivity index (χ2v) is 8.02. The summed E-state index contributed by atoms with van der Waals surface area (Å²) in [6.07, 6.45) is 2.07. The van der Waals surface area contributed by atoms with Crippen LogP contribution >= 0.6 is 11.8 Å². The number of benzene rings is 1. The molecular weight excluding hydrogens is 324 g/mol. The minimum Gasteiger partial charge on any atom is -0.375 e. The predicted octanol–water partition coefficient (Wildman–Crippen LogP) is 2.29. The first-order valence-corrected chi connectivity index (χ1v) is 9.58. The number of methoxy groups -OCH3 is 1. The van der Waals surface area contributed by atoms with Crippen LogP contribution in [0.3, 0.4) is 0 Å². The molecule has 3 aliphatic rings. The number of carbonyl (C=O) groups excluding carboxylic acids is 2. The molecule has 0 radical (unpaired) electrons. The molecule has 5 nitrogen and oxygen atoms in total. The lowest BCUT2D eigenvalue weighted by atomic mass is 9.90. The highest BCUT2D eigenvalue weighted by Gasteiger charge is 2.45. The molecule has 3 aliphatic heterocycles. The van der Waals surface area contributed by atoms with Gasteiger partial charge in [0.25, 0.3) is 0 Å². The lowest BCUT2D eigenvalue weighted by Gasteiger charge is -2.45. The van der Waals surface area contributed by atoms with E-state index >= 15 is 0 Å². The maximum atomic E-state index is 13.0. The van der Waals surface area contributed by atoms with E-state index in [0.717, 1.165) is 24.3 Å². The van der Waals surface area contributed by atoms with E-state index in [9.17, 15) is 9.59 Å². The van der Waals surface area contributed by atoms with Gasteiger partial charge in [0.15, 0.2) is 0 Å². The van der Waals surface area contributed by atoms with Crippen LogP contribution in [0.5, 0.6) is 0 Å². The predicted molar refractivity (Wildman–Crippen MR) is 92.9 cm³/mol. The van der Waals surface area contributed by atoms with Gasteiger partial charge in [-0.15, -0.1) is 0 Å². The van der Waals surface area contributed by atoms with E-state index in [2.05, 4.69) is 12.1 Å². The SMILES string of the molecule is COC1(CN2C(=O)C[C@@H]3Cc4ccccc4CN3C2=O)CCSC1. The van der Waals surface area contributed by atoms with Crippen LogP contribution in [0.1, 0.15) is 24.0 Å². The Morgan fingerprint density at radius 3 is 2.75 bits per heavy atom. The van der Waals surface area contributed by atoms with E-state index in [0.29, 0.717) is 19.5 Å². The van der Waals surface area contributed by atoms with Gasteiger partial charge < -0.3 is 9.64 Å². The minimum atomic E-state index is -0.378. The molecule has 3 heterocycles. The summed E-state index contributed by atoms with van der Waals surface area (Å²) >= 11 is 1.82. The molecule has 0 spiro atoms. The van der Waals surface area contributed by atoms with Gasteiger partial charge in [0.05, 0.1) is 12.1 Å². The Labute approximate surface area is 146 Å². The third-order valence-electron chi connectivity index (χ3n) is 5.49. The smallest absolute Gasteiger partial charge is 0.327 e. The maximum absolute atomic E-state index is 13.0. The van der Waals surface area contributed by atoms with Gasteiger partial charge in [0.2, 0.25) is 5.91 Å². The summed E-state index contributed by atoms with van der Waals surface area (Å²) < 4.78 is 5.71. The number of carbonyl (C=O) groups is 2. The number of urea groups is 1. The highest BCUT2D eigenvalue weighted by atomic mass is 32.2. The topological polar surface area (TPSA) is 49.9 Å². The number of nitrogens with zero attached hydrogens (tertiary/aromatic N) is 2. The Morgan fingerprint density at radius 2 is 2.04 bits per heavy atom. The lowest BCUT2D eigenvalue weighted by molar-refractivity contribution is -0.136. The summed E-state index contributed by atoms with van der Waals surface area (Å²) in [6.45, 7) is 0.969. The molecule has 1 unspecified atom stereocenters. The van der Waals surface area contributed by atoms with Gasteiger partial charge in [0, 0.05) is 31.9 Å². The maximum Gasteiger partial charge on any atom is 0.327 e. The van der Waals surface area contributed by atoms with Crippen molar-refractivity contribution in [2.45, 2.75) is 37.5 Å². The number of imide groups is 1. The van der Waals surface area contributed by atoms with E-state index in [4.69, 9.17) is 4.74 Å². The average Bonchev–Trinajstić information content (AvgIpc) is 3.07. The van der Waals surface area contributed by atoms with Crippen LogP contribution in [0.4, 0.5) is 4.79 Å². The van der Waals surface area contributed by atoms with Gasteiger partial charge in [-0.05, 0) is 29.7 Å². The van der Waals surface area contributed by atoms with Crippen LogP contribution in [-0.4, -0.2) is 58.5 Å². The van der Waals surface area contributed by atoms with E-state index < -0.39 is 0 Å². The molecule has 4 rings (SSSR count). The van der Waals surface area contributed by atoms with Crippen molar-refractivity contribution in [2.75, 3.05) is 25.2 Å². The molecule has 0 aliphatic carbocycles. The Balaban J connectivity index is 1.57. The van der Waals surface area contributed by atoms with Crippen LogP contribution in [0.15, 0.2) is 24.3 Å². The molecule has 2 saturated heterocycles. The Bertz CT molecular complexity index is 672. The zero-order valence-corrected chi connectivity index (χ0v) is 14.7. The molecule has 0 bridgehead atoms. The molecule has 0 saturated carbocycles. The third kappa shape index (κ3) is 2.62. The number of fused-ring (bicyclic) bond motifs is 2. The fraction of sp³-hybridized carbons (Fsp3) is 0.556. The van der Waals surface area contributed by atoms with Gasteiger partial charge in [-0.1, -0.05) is 24.3 Å². The summed E-state index contributed by atoms with van der Waals surface area (Å²) in [5, 5.41) is 0. The van der Waals surface area contributed by atoms with Crippen molar-refractivity contribution >= 4 is 23.7 Å². The zero-order valence-electron chi connectivity index (χ0n) is 13.9. The first-order chi connectivity index (χ1) is 11.6. The van der Waals surface area contributed by atoms with Crippen LogP contribution < -0.4 is 0 Å². The van der Waals surface area contributed by atoms with Crippen molar-refractivity contribution in [3.63, 3.8) is 0 Å². The standard InChI is InChI=1S/C18H22N2O3S/c1-23-18(6-7-24-12-18)11-20-16(21)9-15-8-13-4-2-3-5-14(13)10-19(15)17(20)22/h2-5,15H,6-12H2,1H3/t15-,18?/m0/s1.